The molecule has 0 aliphatic heterocycles. The molecule has 8 heteroatoms. The minimum atomic E-state index is -4.38. The van der Waals surface area contributed by atoms with E-state index in [0.29, 0.717) is 27.1 Å². The van der Waals surface area contributed by atoms with Crippen molar-refractivity contribution >= 4 is 23.1 Å². The van der Waals surface area contributed by atoms with Gasteiger partial charge >= 0.3 is 6.18 Å². The standard InChI is InChI=1S/C10H12F3N3S2/c1-6(16-7(2)17-3)14-4-8-5-15-9(18-8)10(11,12)13/h5,14,16H,1-2,4H2,3H3. The molecule has 1 heterocycles. The van der Waals surface area contributed by atoms with Crippen LogP contribution in [0.2, 0.25) is 0 Å². The number of alkyl halides is 3. The molecule has 0 fully saturated rings. The van der Waals surface area contributed by atoms with Gasteiger partial charge in [0.1, 0.15) is 0 Å². The third-order valence-electron chi connectivity index (χ3n) is 1.81. The average molecular weight is 295 g/mol. The lowest BCUT2D eigenvalue weighted by atomic mass is 10.5. The molecule has 1 aromatic rings. The zero-order valence-electron chi connectivity index (χ0n) is 9.60. The molecule has 0 bridgehead atoms. The molecule has 3 nitrogen and oxygen atoms in total. The van der Waals surface area contributed by atoms with Crippen molar-refractivity contribution in [1.29, 1.82) is 0 Å². The van der Waals surface area contributed by atoms with E-state index in [4.69, 9.17) is 0 Å². The van der Waals surface area contributed by atoms with Crippen molar-refractivity contribution in [2.24, 2.45) is 0 Å². The number of hydrogen-bond donors (Lipinski definition) is 2. The first-order valence-electron chi connectivity index (χ1n) is 4.77. The Bertz CT molecular complexity index is 440. The van der Waals surface area contributed by atoms with Gasteiger partial charge in [-0.25, -0.2) is 4.98 Å². The van der Waals surface area contributed by atoms with Gasteiger partial charge in [0.05, 0.1) is 17.4 Å². The molecule has 0 amide bonds. The summed E-state index contributed by atoms with van der Waals surface area (Å²) in [6.45, 7) is 7.61. The minimum absolute atomic E-state index is 0.237. The fraction of sp³-hybridized carbons (Fsp3) is 0.300. The van der Waals surface area contributed by atoms with Gasteiger partial charge in [-0.3, -0.25) is 0 Å². The molecule has 0 aromatic carbocycles. The van der Waals surface area contributed by atoms with E-state index in [1.54, 1.807) is 0 Å². The first-order valence-corrected chi connectivity index (χ1v) is 6.81. The van der Waals surface area contributed by atoms with Crippen molar-refractivity contribution < 1.29 is 13.2 Å². The van der Waals surface area contributed by atoms with Crippen molar-refractivity contribution in [1.82, 2.24) is 15.6 Å². The molecule has 0 unspecified atom stereocenters. The molecule has 0 aliphatic carbocycles. The summed E-state index contributed by atoms with van der Waals surface area (Å²) in [6.07, 6.45) is -1.33. The molecule has 2 N–H and O–H groups in total. The SMILES string of the molecule is C=C(NCc1cnc(C(F)(F)F)s1)NC(=C)SC. The second kappa shape index (κ2) is 6.14. The van der Waals surface area contributed by atoms with Gasteiger partial charge in [-0.05, 0) is 6.26 Å². The molecule has 0 aliphatic rings. The van der Waals surface area contributed by atoms with E-state index in [2.05, 4.69) is 28.8 Å². The van der Waals surface area contributed by atoms with Gasteiger partial charge in [0.15, 0.2) is 5.01 Å². The van der Waals surface area contributed by atoms with Crippen molar-refractivity contribution in [3.05, 3.63) is 40.1 Å². The summed E-state index contributed by atoms with van der Waals surface area (Å²) in [5, 5.41) is 5.57. The Morgan fingerprint density at radius 3 is 2.67 bits per heavy atom. The number of rotatable bonds is 6. The van der Waals surface area contributed by atoms with E-state index < -0.39 is 11.2 Å². The van der Waals surface area contributed by atoms with Crippen LogP contribution in [0.3, 0.4) is 0 Å². The molecule has 1 rings (SSSR count). The van der Waals surface area contributed by atoms with Crippen LogP contribution in [0, 0.1) is 0 Å². The topological polar surface area (TPSA) is 37.0 Å². The molecular formula is C10H12F3N3S2. The van der Waals surface area contributed by atoms with Crippen LogP contribution < -0.4 is 10.6 Å². The Balaban J connectivity index is 2.47. The number of thioether (sulfide) groups is 1. The van der Waals surface area contributed by atoms with Crippen LogP contribution in [0.1, 0.15) is 9.88 Å². The Kier molecular flexibility index (Phi) is 5.09. The Hall–Kier alpha value is -1.15. The molecule has 1 aromatic heterocycles. The van der Waals surface area contributed by atoms with Crippen LogP contribution in [0.4, 0.5) is 13.2 Å². The predicted molar refractivity (Wildman–Crippen MR) is 68.9 cm³/mol. The highest BCUT2D eigenvalue weighted by molar-refractivity contribution is 8.02. The summed E-state index contributed by atoms with van der Waals surface area (Å²) in [6, 6.07) is 0. The fourth-order valence-corrected chi connectivity index (χ4v) is 1.92. The number of aromatic nitrogens is 1. The zero-order chi connectivity index (χ0) is 13.8. The third kappa shape index (κ3) is 4.61. The smallest absolute Gasteiger partial charge is 0.367 e. The van der Waals surface area contributed by atoms with Crippen molar-refractivity contribution in [2.45, 2.75) is 12.7 Å². The molecule has 18 heavy (non-hydrogen) atoms. The second-order valence-corrected chi connectivity index (χ2v) is 5.23. The van der Waals surface area contributed by atoms with Gasteiger partial charge < -0.3 is 10.6 Å². The van der Waals surface area contributed by atoms with Crippen LogP contribution in [0.5, 0.6) is 0 Å². The van der Waals surface area contributed by atoms with Gasteiger partial charge in [-0.15, -0.1) is 23.1 Å². The largest absolute Gasteiger partial charge is 0.443 e. The zero-order valence-corrected chi connectivity index (χ0v) is 11.2. The van der Waals surface area contributed by atoms with Crippen LogP contribution in [-0.4, -0.2) is 11.2 Å². The van der Waals surface area contributed by atoms with Crippen LogP contribution in [0.15, 0.2) is 30.2 Å². The molecule has 0 saturated carbocycles. The Morgan fingerprint density at radius 2 is 2.17 bits per heavy atom. The summed E-state index contributed by atoms with van der Waals surface area (Å²) in [4.78, 5) is 3.81. The highest BCUT2D eigenvalue weighted by atomic mass is 32.2. The lowest BCUT2D eigenvalue weighted by Gasteiger charge is -2.11. The third-order valence-corrected chi connectivity index (χ3v) is 3.45. The quantitative estimate of drug-likeness (QED) is 0.845. The van der Waals surface area contributed by atoms with E-state index in [1.165, 1.54) is 18.0 Å². The lowest BCUT2D eigenvalue weighted by Crippen LogP contribution is -2.23. The second-order valence-electron chi connectivity index (χ2n) is 3.21. The first kappa shape index (κ1) is 14.9. The summed E-state index contributed by atoms with van der Waals surface area (Å²) in [5.41, 5.74) is 0. The van der Waals surface area contributed by atoms with Crippen LogP contribution in [-0.2, 0) is 12.7 Å². The highest BCUT2D eigenvalue weighted by Gasteiger charge is 2.34. The first-order chi connectivity index (χ1) is 8.32. The normalized spacial score (nSPS) is 11.1. The van der Waals surface area contributed by atoms with Crippen molar-refractivity contribution in [3.8, 4) is 0 Å². The monoisotopic (exact) mass is 295 g/mol. The van der Waals surface area contributed by atoms with E-state index in [-0.39, 0.29) is 6.54 Å². The lowest BCUT2D eigenvalue weighted by molar-refractivity contribution is -0.137. The van der Waals surface area contributed by atoms with Gasteiger partial charge in [0, 0.05) is 11.1 Å². The predicted octanol–water partition coefficient (Wildman–Crippen LogP) is 3.15. The van der Waals surface area contributed by atoms with Gasteiger partial charge in [0.25, 0.3) is 0 Å². The number of nitrogens with zero attached hydrogens (tertiary/aromatic N) is 1. The molecule has 100 valence electrons. The van der Waals surface area contributed by atoms with Crippen LogP contribution >= 0.6 is 23.1 Å². The summed E-state index contributed by atoms with van der Waals surface area (Å²) in [5.74, 6) is 0.483. The van der Waals surface area contributed by atoms with Gasteiger partial charge in [0.2, 0.25) is 0 Å². The maximum atomic E-state index is 12.3. The molecule has 0 spiro atoms. The Morgan fingerprint density at radius 1 is 1.50 bits per heavy atom. The van der Waals surface area contributed by atoms with Crippen LogP contribution in [0.25, 0.3) is 0 Å². The number of halogens is 3. The minimum Gasteiger partial charge on any atom is -0.367 e. The van der Waals surface area contributed by atoms with Gasteiger partial charge in [-0.1, -0.05) is 13.2 Å². The summed E-state index contributed by atoms with van der Waals surface area (Å²) >= 11 is 2.03. The number of hydrogen-bond acceptors (Lipinski definition) is 5. The number of thiazole rings is 1. The van der Waals surface area contributed by atoms with E-state index in [0.717, 1.165) is 0 Å². The Labute approximate surface area is 111 Å². The van der Waals surface area contributed by atoms with E-state index >= 15 is 0 Å². The maximum absolute atomic E-state index is 12.3. The molecule has 0 atom stereocenters. The highest BCUT2D eigenvalue weighted by Crippen LogP contribution is 2.32. The van der Waals surface area contributed by atoms with E-state index in [1.807, 2.05) is 6.26 Å². The summed E-state index contributed by atoms with van der Waals surface area (Å²) in [7, 11) is 0. The van der Waals surface area contributed by atoms with Gasteiger partial charge in [-0.2, -0.15) is 13.2 Å². The van der Waals surface area contributed by atoms with Crippen molar-refractivity contribution in [2.75, 3.05) is 6.26 Å². The molecule has 0 saturated heterocycles. The van der Waals surface area contributed by atoms with E-state index in [9.17, 15) is 13.2 Å². The molecular weight excluding hydrogens is 283 g/mol. The van der Waals surface area contributed by atoms with Crippen molar-refractivity contribution in [3.63, 3.8) is 0 Å². The maximum Gasteiger partial charge on any atom is 0.443 e. The number of nitrogens with one attached hydrogen (secondary N) is 2. The summed E-state index contributed by atoms with van der Waals surface area (Å²) < 4.78 is 36.9. The fourth-order valence-electron chi connectivity index (χ4n) is 0.978. The molecule has 0 radical (unpaired) electrons. The average Bonchev–Trinajstić information content (AvgIpc) is 2.74.